The van der Waals surface area contributed by atoms with E-state index in [0.717, 1.165) is 38.6 Å². The summed E-state index contributed by atoms with van der Waals surface area (Å²) in [5.41, 5.74) is 0.441. The number of anilines is 1. The lowest BCUT2D eigenvalue weighted by Crippen LogP contribution is -2.43. The van der Waals surface area contributed by atoms with Gasteiger partial charge in [-0.25, -0.2) is 8.78 Å². The summed E-state index contributed by atoms with van der Waals surface area (Å²) in [6, 6.07) is 0.0738. The van der Waals surface area contributed by atoms with Crippen molar-refractivity contribution in [2.24, 2.45) is 0 Å². The molecule has 4 unspecified atom stereocenters. The number of aliphatic hydroxyl groups is 3. The van der Waals surface area contributed by atoms with Crippen LogP contribution < -0.4 is 9.64 Å². The average Bonchev–Trinajstić information content (AvgIpc) is 3.26. The van der Waals surface area contributed by atoms with Gasteiger partial charge in [0.25, 0.3) is 0 Å². The summed E-state index contributed by atoms with van der Waals surface area (Å²) in [6.07, 6.45) is 5.65. The molecule has 2 aromatic rings. The van der Waals surface area contributed by atoms with Crippen molar-refractivity contribution in [3.63, 3.8) is 0 Å². The minimum Gasteiger partial charge on any atom is -0.408 e. The molecule has 0 saturated carbocycles. The molecule has 0 aliphatic carbocycles. The summed E-state index contributed by atoms with van der Waals surface area (Å²) in [5, 5.41) is 29.3. The van der Waals surface area contributed by atoms with Gasteiger partial charge >= 0.3 is 12.5 Å². The molecular formula is C23H31F2N5O4. The van der Waals surface area contributed by atoms with E-state index >= 15 is 0 Å². The van der Waals surface area contributed by atoms with Gasteiger partial charge in [-0.3, -0.25) is 9.88 Å². The van der Waals surface area contributed by atoms with E-state index in [-0.39, 0.29) is 23.3 Å². The van der Waals surface area contributed by atoms with E-state index in [4.69, 9.17) is 14.9 Å². The Labute approximate surface area is 196 Å². The number of nitrogens with zero attached hydrogens (tertiary/aromatic N) is 5. The zero-order valence-electron chi connectivity index (χ0n) is 19.2. The molecule has 9 nitrogen and oxygen atoms in total. The Morgan fingerprint density at radius 1 is 1.06 bits per heavy atom. The van der Waals surface area contributed by atoms with Crippen LogP contribution in [0.1, 0.15) is 62.4 Å². The van der Waals surface area contributed by atoms with Gasteiger partial charge in [0.1, 0.15) is 23.6 Å². The number of pyridine rings is 1. The summed E-state index contributed by atoms with van der Waals surface area (Å²) in [7, 11) is 0. The van der Waals surface area contributed by atoms with Crippen molar-refractivity contribution in [1.29, 1.82) is 0 Å². The Hall–Kier alpha value is -2.21. The summed E-state index contributed by atoms with van der Waals surface area (Å²) in [5.74, 6) is -0.223. The quantitative estimate of drug-likeness (QED) is 0.557. The zero-order chi connectivity index (χ0) is 24.0. The van der Waals surface area contributed by atoms with E-state index in [9.17, 15) is 13.9 Å². The second-order valence-electron chi connectivity index (χ2n) is 9.57. The minimum absolute atomic E-state index is 0.0371. The fourth-order valence-electron chi connectivity index (χ4n) is 5.78. The number of fused-ring (bicyclic) bond motifs is 3. The molecule has 3 fully saturated rings. The molecule has 11 heteroatoms. The molecule has 6 heterocycles. The van der Waals surface area contributed by atoms with Crippen LogP contribution in [0.2, 0.25) is 0 Å². The van der Waals surface area contributed by atoms with Crippen LogP contribution in [0.4, 0.5) is 14.6 Å². The third-order valence-corrected chi connectivity index (χ3v) is 7.33. The van der Waals surface area contributed by atoms with Crippen LogP contribution in [0.25, 0.3) is 10.9 Å². The first-order chi connectivity index (χ1) is 16.3. The van der Waals surface area contributed by atoms with Crippen molar-refractivity contribution in [1.82, 2.24) is 19.9 Å². The molecule has 0 aromatic carbocycles. The van der Waals surface area contributed by atoms with Crippen LogP contribution in [0, 0.1) is 12.7 Å². The topological polar surface area (TPSA) is 115 Å². The molecule has 34 heavy (non-hydrogen) atoms. The molecule has 4 aliphatic rings. The molecule has 4 atom stereocenters. The molecule has 0 spiro atoms. The van der Waals surface area contributed by atoms with Crippen LogP contribution in [0.5, 0.6) is 6.01 Å². The number of rotatable bonds is 2. The predicted octanol–water partition coefficient (Wildman–Crippen LogP) is 2.11. The second-order valence-corrected chi connectivity index (χ2v) is 9.57. The predicted molar refractivity (Wildman–Crippen MR) is 120 cm³/mol. The number of ether oxygens (including phenoxy) is 1. The number of aliphatic hydroxyl groups excluding tert-OH is 2. The Balaban J connectivity index is 0.000000222. The summed E-state index contributed by atoms with van der Waals surface area (Å²) in [6.45, 7) is 1.91. The van der Waals surface area contributed by atoms with E-state index in [1.54, 1.807) is 0 Å². The third kappa shape index (κ3) is 4.30. The smallest absolute Gasteiger partial charge is 0.323 e. The van der Waals surface area contributed by atoms with E-state index in [1.165, 1.54) is 19.8 Å². The number of hydrogen-bond donors (Lipinski definition) is 3. The van der Waals surface area contributed by atoms with Crippen molar-refractivity contribution >= 4 is 16.7 Å². The van der Waals surface area contributed by atoms with Crippen LogP contribution in [-0.2, 0) is 0 Å². The van der Waals surface area contributed by atoms with Crippen LogP contribution in [-0.4, -0.2) is 79.5 Å². The largest absolute Gasteiger partial charge is 0.408 e. The second kappa shape index (κ2) is 9.44. The zero-order valence-corrected chi connectivity index (χ0v) is 19.2. The van der Waals surface area contributed by atoms with Gasteiger partial charge in [0.15, 0.2) is 5.82 Å². The highest BCUT2D eigenvalue weighted by molar-refractivity contribution is 5.94. The highest BCUT2D eigenvalue weighted by atomic mass is 19.1. The van der Waals surface area contributed by atoms with Crippen molar-refractivity contribution in [3.05, 3.63) is 17.2 Å². The van der Waals surface area contributed by atoms with Crippen LogP contribution in [0.15, 0.2) is 0 Å². The molecule has 3 N–H and O–H groups in total. The monoisotopic (exact) mass is 479 g/mol. The van der Waals surface area contributed by atoms with E-state index in [0.29, 0.717) is 36.0 Å². The van der Waals surface area contributed by atoms with Gasteiger partial charge in [-0.2, -0.15) is 9.97 Å². The SMILES string of the molecule is Cc1nc2c3c(nc(OC(O)O)nc3c1F)N1CCCCCC1C2O.FC1CC2CCCN2C1. The van der Waals surface area contributed by atoms with Gasteiger partial charge in [0, 0.05) is 19.1 Å². The molecule has 2 aromatic heterocycles. The lowest BCUT2D eigenvalue weighted by atomic mass is 9.94. The molecule has 4 aliphatic heterocycles. The summed E-state index contributed by atoms with van der Waals surface area (Å²) in [4.78, 5) is 16.7. The number of aryl methyl sites for hydroxylation is 1. The van der Waals surface area contributed by atoms with Crippen molar-refractivity contribution in [3.8, 4) is 6.01 Å². The highest BCUT2D eigenvalue weighted by Gasteiger charge is 2.39. The number of hydrogen-bond acceptors (Lipinski definition) is 9. The van der Waals surface area contributed by atoms with Gasteiger partial charge < -0.3 is 25.0 Å². The first-order valence-corrected chi connectivity index (χ1v) is 12.1. The molecule has 6 rings (SSSR count). The Morgan fingerprint density at radius 2 is 1.88 bits per heavy atom. The number of halogens is 2. The maximum atomic E-state index is 14.6. The fourth-order valence-corrected chi connectivity index (χ4v) is 5.78. The van der Waals surface area contributed by atoms with Gasteiger partial charge in [-0.15, -0.1) is 0 Å². The normalized spacial score (nSPS) is 28.4. The van der Waals surface area contributed by atoms with Crippen LogP contribution in [0.3, 0.4) is 0 Å². The van der Waals surface area contributed by atoms with Crippen molar-refractivity contribution in [2.75, 3.05) is 24.5 Å². The average molecular weight is 480 g/mol. The molecule has 0 radical (unpaired) electrons. The Bertz CT molecular complexity index is 1050. The maximum absolute atomic E-state index is 14.6. The highest BCUT2D eigenvalue weighted by Crippen LogP contribution is 2.43. The fraction of sp³-hybridized carbons (Fsp3) is 0.696. The van der Waals surface area contributed by atoms with Gasteiger partial charge in [0.2, 0.25) is 0 Å². The van der Waals surface area contributed by atoms with E-state index < -0.39 is 24.6 Å². The summed E-state index contributed by atoms with van der Waals surface area (Å²) < 4.78 is 32.0. The van der Waals surface area contributed by atoms with Crippen molar-refractivity contribution < 1.29 is 28.8 Å². The van der Waals surface area contributed by atoms with E-state index in [1.807, 2.05) is 4.90 Å². The number of aromatic nitrogens is 3. The summed E-state index contributed by atoms with van der Waals surface area (Å²) >= 11 is 0. The first kappa shape index (κ1) is 23.5. The van der Waals surface area contributed by atoms with Gasteiger partial charge in [0.05, 0.1) is 22.8 Å². The Kier molecular flexibility index (Phi) is 6.54. The van der Waals surface area contributed by atoms with Crippen LogP contribution >= 0.6 is 0 Å². The molecule has 0 amide bonds. The lowest BCUT2D eigenvalue weighted by Gasteiger charge is -2.39. The molecular weight excluding hydrogens is 448 g/mol. The molecule has 0 bridgehead atoms. The lowest BCUT2D eigenvalue weighted by molar-refractivity contribution is -0.183. The minimum atomic E-state index is -2.11. The maximum Gasteiger partial charge on any atom is 0.323 e. The first-order valence-electron chi connectivity index (χ1n) is 12.1. The standard InChI is InChI=1S/C16H19FN4O4.C7H12FN/c1-7-10(17)11-9-12(18-7)13(22)8-5-3-2-4-6-21(8)14(9)20-15(19-11)25-16(23)24;8-6-4-7-2-1-3-9(7)5-6/h8,13,16,22-24H,2-6H2,1H3;6-7H,1-5H2. The molecule has 186 valence electrons. The van der Waals surface area contributed by atoms with Crippen molar-refractivity contribution in [2.45, 2.75) is 82.7 Å². The van der Waals surface area contributed by atoms with Gasteiger partial charge in [-0.1, -0.05) is 12.8 Å². The molecule has 3 saturated heterocycles. The number of alkyl halides is 1. The Morgan fingerprint density at radius 3 is 2.65 bits per heavy atom. The van der Waals surface area contributed by atoms with Gasteiger partial charge in [-0.05, 0) is 45.6 Å². The third-order valence-electron chi connectivity index (χ3n) is 7.33. The van der Waals surface area contributed by atoms with E-state index in [2.05, 4.69) is 19.9 Å².